The van der Waals surface area contributed by atoms with Crippen molar-refractivity contribution in [2.24, 2.45) is 0 Å². The summed E-state index contributed by atoms with van der Waals surface area (Å²) < 4.78 is 5.35. The number of nitrogens with zero attached hydrogens (tertiary/aromatic N) is 2. The molecule has 1 aliphatic heterocycles. The Balaban J connectivity index is 2.24. The first-order valence-corrected chi connectivity index (χ1v) is 6.24. The van der Waals surface area contributed by atoms with Crippen molar-refractivity contribution in [3.05, 3.63) is 21.3 Å². The fourth-order valence-corrected chi connectivity index (χ4v) is 2.29. The van der Waals surface area contributed by atoms with Gasteiger partial charge in [-0.15, -0.1) is 0 Å². The van der Waals surface area contributed by atoms with Crippen LogP contribution in [0, 0.1) is 0 Å². The maximum absolute atomic E-state index is 9.07. The zero-order chi connectivity index (χ0) is 12.4. The zero-order valence-electron chi connectivity index (χ0n) is 8.87. The van der Waals surface area contributed by atoms with Gasteiger partial charge in [-0.25, -0.2) is 4.98 Å². The number of ether oxygens (including phenoxy) is 1. The van der Waals surface area contributed by atoms with E-state index in [9.17, 15) is 0 Å². The summed E-state index contributed by atoms with van der Waals surface area (Å²) in [5, 5.41) is 10.1. The molecule has 0 saturated carbocycles. The van der Waals surface area contributed by atoms with Crippen molar-refractivity contribution in [2.75, 3.05) is 31.2 Å². The van der Waals surface area contributed by atoms with E-state index in [1.54, 1.807) is 6.07 Å². The third-order valence-electron chi connectivity index (χ3n) is 2.51. The second-order valence-electron chi connectivity index (χ2n) is 3.69. The number of hydrogen-bond acceptors (Lipinski definition) is 4. The Morgan fingerprint density at radius 2 is 2.18 bits per heavy atom. The number of morpholine rings is 1. The van der Waals surface area contributed by atoms with Gasteiger partial charge in [-0.2, -0.15) is 0 Å². The largest absolute Gasteiger partial charge is 0.394 e. The van der Waals surface area contributed by atoms with Crippen LogP contribution in [0.3, 0.4) is 0 Å². The number of pyridine rings is 1. The minimum Gasteiger partial charge on any atom is -0.394 e. The highest BCUT2D eigenvalue weighted by Gasteiger charge is 2.23. The van der Waals surface area contributed by atoms with E-state index in [2.05, 4.69) is 4.98 Å². The molecule has 1 atom stereocenters. The van der Waals surface area contributed by atoms with Crippen LogP contribution in [0.1, 0.15) is 0 Å². The van der Waals surface area contributed by atoms with Crippen LogP contribution in [0.15, 0.2) is 6.07 Å². The highest BCUT2D eigenvalue weighted by molar-refractivity contribution is 6.42. The predicted molar refractivity (Wildman–Crippen MR) is 68.3 cm³/mol. The Morgan fingerprint density at radius 3 is 2.88 bits per heavy atom. The van der Waals surface area contributed by atoms with E-state index < -0.39 is 0 Å². The minimum atomic E-state index is -0.226. The Kier molecular flexibility index (Phi) is 4.33. The van der Waals surface area contributed by atoms with E-state index in [0.717, 1.165) is 0 Å². The second-order valence-corrected chi connectivity index (χ2v) is 4.86. The highest BCUT2D eigenvalue weighted by atomic mass is 35.5. The van der Waals surface area contributed by atoms with Crippen molar-refractivity contribution in [1.82, 2.24) is 4.98 Å². The third kappa shape index (κ3) is 2.95. The maximum Gasteiger partial charge on any atom is 0.150 e. The van der Waals surface area contributed by atoms with Gasteiger partial charge in [-0.05, 0) is 6.07 Å². The first kappa shape index (κ1) is 13.2. The Hall–Kier alpha value is -0.260. The van der Waals surface area contributed by atoms with Gasteiger partial charge in [0.05, 0.1) is 29.4 Å². The number of hydrogen-bond donors (Lipinski definition) is 1. The van der Waals surface area contributed by atoms with Gasteiger partial charge in [-0.3, -0.25) is 0 Å². The molecule has 1 fully saturated rings. The first-order valence-electron chi connectivity index (χ1n) is 5.10. The molecule has 0 aromatic carbocycles. The molecule has 1 aromatic rings. The highest BCUT2D eigenvalue weighted by Crippen LogP contribution is 2.31. The molecule has 1 saturated heterocycles. The SMILES string of the molecule is OCC1CN(c2nc(Cl)c(Cl)cc2Cl)CCO1. The molecule has 0 amide bonds. The molecule has 2 heterocycles. The molecule has 4 nitrogen and oxygen atoms in total. The molecule has 0 spiro atoms. The molecule has 1 aliphatic rings. The smallest absolute Gasteiger partial charge is 0.150 e. The summed E-state index contributed by atoms with van der Waals surface area (Å²) in [6, 6.07) is 1.57. The first-order chi connectivity index (χ1) is 8.11. The molecular formula is C10H11Cl3N2O2. The normalized spacial score (nSPS) is 20.7. The average molecular weight is 298 g/mol. The fraction of sp³-hybridized carbons (Fsp3) is 0.500. The Labute approximate surface area is 114 Å². The van der Waals surface area contributed by atoms with E-state index in [0.29, 0.717) is 35.6 Å². The predicted octanol–water partition coefficient (Wildman–Crippen LogP) is 2.24. The van der Waals surface area contributed by atoms with Gasteiger partial charge >= 0.3 is 0 Å². The van der Waals surface area contributed by atoms with Crippen LogP contribution in [-0.2, 0) is 4.74 Å². The van der Waals surface area contributed by atoms with Gasteiger partial charge in [0.2, 0.25) is 0 Å². The van der Waals surface area contributed by atoms with E-state index in [1.165, 1.54) is 0 Å². The van der Waals surface area contributed by atoms with Gasteiger partial charge in [0.25, 0.3) is 0 Å². The molecule has 0 aliphatic carbocycles. The van der Waals surface area contributed by atoms with Crippen molar-refractivity contribution < 1.29 is 9.84 Å². The lowest BCUT2D eigenvalue weighted by Crippen LogP contribution is -2.44. The molecule has 17 heavy (non-hydrogen) atoms. The average Bonchev–Trinajstić information content (AvgIpc) is 2.34. The van der Waals surface area contributed by atoms with Crippen LogP contribution in [-0.4, -0.2) is 42.5 Å². The number of aromatic nitrogens is 1. The number of rotatable bonds is 2. The lowest BCUT2D eigenvalue weighted by Gasteiger charge is -2.33. The van der Waals surface area contributed by atoms with Crippen molar-refractivity contribution >= 4 is 40.6 Å². The Bertz CT molecular complexity index is 417. The van der Waals surface area contributed by atoms with Gasteiger partial charge in [-0.1, -0.05) is 34.8 Å². The van der Waals surface area contributed by atoms with Crippen LogP contribution in [0.4, 0.5) is 5.82 Å². The zero-order valence-corrected chi connectivity index (χ0v) is 11.1. The summed E-state index contributed by atoms with van der Waals surface area (Å²) in [5.41, 5.74) is 0. The minimum absolute atomic E-state index is 0.0323. The standard InChI is InChI=1S/C10H11Cl3N2O2/c11-7-3-8(12)10(14-9(7)13)15-1-2-17-6(4-15)5-16/h3,6,16H,1-2,4-5H2. The van der Waals surface area contributed by atoms with E-state index in [1.807, 2.05) is 4.90 Å². The quantitative estimate of drug-likeness (QED) is 0.851. The lowest BCUT2D eigenvalue weighted by atomic mass is 10.3. The summed E-state index contributed by atoms with van der Waals surface area (Å²) >= 11 is 17.8. The summed E-state index contributed by atoms with van der Waals surface area (Å²) in [7, 11) is 0. The van der Waals surface area contributed by atoms with Gasteiger partial charge in [0, 0.05) is 13.1 Å². The number of aliphatic hydroxyl groups is 1. The van der Waals surface area contributed by atoms with Crippen molar-refractivity contribution in [1.29, 1.82) is 0 Å². The van der Waals surface area contributed by atoms with Crippen LogP contribution >= 0.6 is 34.8 Å². The molecule has 94 valence electrons. The molecule has 2 rings (SSSR count). The number of anilines is 1. The van der Waals surface area contributed by atoms with Gasteiger partial charge < -0.3 is 14.7 Å². The molecule has 1 aromatic heterocycles. The summed E-state index contributed by atoms with van der Waals surface area (Å²) in [5.74, 6) is 0.572. The Morgan fingerprint density at radius 1 is 1.41 bits per heavy atom. The van der Waals surface area contributed by atoms with Crippen LogP contribution in [0.2, 0.25) is 15.2 Å². The molecule has 0 bridgehead atoms. The van der Waals surface area contributed by atoms with E-state index in [4.69, 9.17) is 44.6 Å². The molecule has 7 heteroatoms. The summed E-state index contributed by atoms with van der Waals surface area (Å²) in [4.78, 5) is 6.08. The lowest BCUT2D eigenvalue weighted by molar-refractivity contribution is 0.00337. The van der Waals surface area contributed by atoms with Crippen molar-refractivity contribution in [2.45, 2.75) is 6.10 Å². The fourth-order valence-electron chi connectivity index (χ4n) is 1.68. The number of halogens is 3. The molecule has 1 N–H and O–H groups in total. The topological polar surface area (TPSA) is 45.6 Å². The molecule has 0 radical (unpaired) electrons. The number of aliphatic hydroxyl groups excluding tert-OH is 1. The third-order valence-corrected chi connectivity index (χ3v) is 3.46. The van der Waals surface area contributed by atoms with Crippen LogP contribution in [0.5, 0.6) is 0 Å². The second kappa shape index (κ2) is 5.59. The van der Waals surface area contributed by atoms with Crippen LogP contribution in [0.25, 0.3) is 0 Å². The molecule has 1 unspecified atom stereocenters. The maximum atomic E-state index is 9.07. The molecular weight excluding hydrogens is 286 g/mol. The van der Waals surface area contributed by atoms with E-state index in [-0.39, 0.29) is 17.9 Å². The van der Waals surface area contributed by atoms with Crippen LogP contribution < -0.4 is 4.90 Å². The van der Waals surface area contributed by atoms with E-state index >= 15 is 0 Å². The monoisotopic (exact) mass is 296 g/mol. The van der Waals surface area contributed by atoms with Crippen molar-refractivity contribution in [3.8, 4) is 0 Å². The van der Waals surface area contributed by atoms with Crippen molar-refractivity contribution in [3.63, 3.8) is 0 Å². The van der Waals surface area contributed by atoms with Gasteiger partial charge in [0.15, 0.2) is 0 Å². The van der Waals surface area contributed by atoms with Gasteiger partial charge in [0.1, 0.15) is 11.0 Å². The summed E-state index contributed by atoms with van der Waals surface area (Å²) in [6.07, 6.45) is -0.226. The summed E-state index contributed by atoms with van der Waals surface area (Å²) in [6.45, 7) is 1.67.